The average molecular weight is 409 g/mol. The lowest BCUT2D eigenvalue weighted by molar-refractivity contribution is 0.197. The first-order valence-corrected chi connectivity index (χ1v) is 8.50. The minimum Gasteiger partial charge on any atom is -0.386 e. The molecule has 0 aliphatic rings. The number of aliphatic hydroxyl groups excluding tert-OH is 1. The van der Waals surface area contributed by atoms with E-state index < -0.39 is 19.2 Å². The van der Waals surface area contributed by atoms with Gasteiger partial charge in [0.2, 0.25) is 0 Å². The van der Waals surface area contributed by atoms with Crippen molar-refractivity contribution in [2.24, 2.45) is 0 Å². The van der Waals surface area contributed by atoms with E-state index in [1.54, 1.807) is 28.7 Å². The molecule has 0 saturated carbocycles. The first-order chi connectivity index (χ1) is 7.79. The van der Waals surface area contributed by atoms with Gasteiger partial charge in [-0.3, -0.25) is 0 Å². The molecular weight excluding hydrogens is 398 g/mol. The molecule has 0 aliphatic heterocycles. The molecule has 0 heterocycles. The van der Waals surface area contributed by atoms with Crippen molar-refractivity contribution < 1.29 is 13.5 Å². The van der Waals surface area contributed by atoms with Crippen LogP contribution in [0, 0.1) is 0 Å². The normalized spacial score (nSPS) is 15.6. The van der Waals surface area contributed by atoms with Crippen molar-refractivity contribution in [2.45, 2.75) is 16.3 Å². The van der Waals surface area contributed by atoms with Crippen molar-refractivity contribution in [3.63, 3.8) is 0 Å². The number of hydrogen-bond acceptors (Lipinski definition) is 3. The van der Waals surface area contributed by atoms with Gasteiger partial charge in [0.15, 0.2) is 9.84 Å². The van der Waals surface area contributed by atoms with Gasteiger partial charge in [0.1, 0.15) is 9.36 Å². The molecule has 2 atom stereocenters. The highest BCUT2D eigenvalue weighted by molar-refractivity contribution is 14.1. The standard InChI is InChI=1S/C10H11Cl2IO3S/c1-2-17(15,16)10(13)9(14)7-4-3-6(11)5-8(7)12/h3-5,9-10,14H,2H2,1H3. The fourth-order valence-corrected chi connectivity index (χ4v) is 4.08. The Morgan fingerprint density at radius 3 is 2.47 bits per heavy atom. The predicted octanol–water partition coefficient (Wildman–Crippen LogP) is 3.22. The average Bonchev–Trinajstić information content (AvgIpc) is 2.27. The summed E-state index contributed by atoms with van der Waals surface area (Å²) in [6.07, 6.45) is -1.16. The molecule has 0 aromatic heterocycles. The van der Waals surface area contributed by atoms with Crippen molar-refractivity contribution in [3.8, 4) is 0 Å². The van der Waals surface area contributed by atoms with Crippen LogP contribution >= 0.6 is 45.8 Å². The third kappa shape index (κ3) is 3.70. The van der Waals surface area contributed by atoms with E-state index in [9.17, 15) is 13.5 Å². The van der Waals surface area contributed by atoms with E-state index in [2.05, 4.69) is 0 Å². The number of hydrogen-bond donors (Lipinski definition) is 1. The van der Waals surface area contributed by atoms with E-state index in [-0.39, 0.29) is 10.8 Å². The molecule has 0 aliphatic carbocycles. The van der Waals surface area contributed by atoms with Crippen LogP contribution in [0.4, 0.5) is 0 Å². The van der Waals surface area contributed by atoms with Gasteiger partial charge in [0.25, 0.3) is 0 Å². The Morgan fingerprint density at radius 2 is 2.00 bits per heavy atom. The van der Waals surface area contributed by atoms with Gasteiger partial charge in [-0.25, -0.2) is 8.42 Å². The third-order valence-electron chi connectivity index (χ3n) is 2.27. The SMILES string of the molecule is CCS(=O)(=O)C(I)C(O)c1ccc(Cl)cc1Cl. The van der Waals surface area contributed by atoms with Crippen molar-refractivity contribution in [2.75, 3.05) is 5.75 Å². The molecule has 0 saturated heterocycles. The van der Waals surface area contributed by atoms with Crippen LogP contribution in [-0.2, 0) is 9.84 Å². The number of aliphatic hydroxyl groups is 1. The van der Waals surface area contributed by atoms with Gasteiger partial charge in [-0.1, -0.05) is 58.8 Å². The van der Waals surface area contributed by atoms with E-state index in [4.69, 9.17) is 23.2 Å². The molecular formula is C10H11Cl2IO3S. The molecule has 0 fully saturated rings. The summed E-state index contributed by atoms with van der Waals surface area (Å²) < 4.78 is 22.4. The Kier molecular flexibility index (Phi) is 5.52. The quantitative estimate of drug-likeness (QED) is 0.614. The summed E-state index contributed by atoms with van der Waals surface area (Å²) in [4.78, 5) is 0. The highest BCUT2D eigenvalue weighted by Gasteiger charge is 2.30. The molecule has 0 bridgehead atoms. The monoisotopic (exact) mass is 408 g/mol. The van der Waals surface area contributed by atoms with Crippen molar-refractivity contribution >= 4 is 55.6 Å². The summed E-state index contributed by atoms with van der Waals surface area (Å²) in [6, 6.07) is 4.57. The number of benzene rings is 1. The van der Waals surface area contributed by atoms with E-state index in [1.165, 1.54) is 19.1 Å². The molecule has 0 amide bonds. The smallest absolute Gasteiger partial charge is 0.164 e. The van der Waals surface area contributed by atoms with Crippen LogP contribution in [0.25, 0.3) is 0 Å². The lowest BCUT2D eigenvalue weighted by Crippen LogP contribution is -2.24. The van der Waals surface area contributed by atoms with Crippen LogP contribution in [0.1, 0.15) is 18.6 Å². The summed E-state index contributed by atoms with van der Waals surface area (Å²) in [5.41, 5.74) is 0.368. The van der Waals surface area contributed by atoms with Gasteiger partial charge in [-0.05, 0) is 12.1 Å². The molecule has 3 nitrogen and oxygen atoms in total. The highest BCUT2D eigenvalue weighted by atomic mass is 127. The lowest BCUT2D eigenvalue weighted by Gasteiger charge is -2.18. The van der Waals surface area contributed by atoms with Crippen molar-refractivity contribution in [1.82, 2.24) is 0 Å². The zero-order chi connectivity index (χ0) is 13.2. The Morgan fingerprint density at radius 1 is 1.41 bits per heavy atom. The minimum absolute atomic E-state index is 0.0249. The molecule has 7 heteroatoms. The topological polar surface area (TPSA) is 54.4 Å². The Hall–Kier alpha value is 0.440. The fourth-order valence-electron chi connectivity index (χ4n) is 1.24. The zero-order valence-electron chi connectivity index (χ0n) is 8.90. The largest absolute Gasteiger partial charge is 0.386 e. The van der Waals surface area contributed by atoms with Gasteiger partial charge < -0.3 is 5.11 Å². The number of rotatable bonds is 4. The maximum absolute atomic E-state index is 11.7. The van der Waals surface area contributed by atoms with Crippen LogP contribution in [0.3, 0.4) is 0 Å². The van der Waals surface area contributed by atoms with Gasteiger partial charge >= 0.3 is 0 Å². The second-order valence-electron chi connectivity index (χ2n) is 3.41. The Balaban J connectivity index is 3.09. The lowest BCUT2D eigenvalue weighted by atomic mass is 10.1. The molecule has 0 radical (unpaired) electrons. The first kappa shape index (κ1) is 15.5. The Labute approximate surface area is 124 Å². The molecule has 1 rings (SSSR count). The van der Waals surface area contributed by atoms with Crippen molar-refractivity contribution in [3.05, 3.63) is 33.8 Å². The predicted molar refractivity (Wildman–Crippen MR) is 78.7 cm³/mol. The van der Waals surface area contributed by atoms with E-state index in [0.29, 0.717) is 10.6 Å². The summed E-state index contributed by atoms with van der Waals surface area (Å²) in [7, 11) is -3.33. The second kappa shape index (κ2) is 6.06. The molecule has 1 aromatic carbocycles. The number of alkyl halides is 1. The fraction of sp³-hybridized carbons (Fsp3) is 0.400. The first-order valence-electron chi connectivity index (χ1n) is 4.78. The highest BCUT2D eigenvalue weighted by Crippen LogP contribution is 2.33. The number of halogens is 3. The maximum atomic E-state index is 11.7. The van der Waals surface area contributed by atoms with E-state index in [0.717, 1.165) is 0 Å². The van der Waals surface area contributed by atoms with Gasteiger partial charge in [0.05, 0.1) is 0 Å². The van der Waals surface area contributed by atoms with E-state index in [1.807, 2.05) is 0 Å². The molecule has 0 spiro atoms. The molecule has 96 valence electrons. The zero-order valence-corrected chi connectivity index (χ0v) is 13.4. The summed E-state index contributed by atoms with van der Waals surface area (Å²) >= 11 is 13.4. The molecule has 17 heavy (non-hydrogen) atoms. The van der Waals surface area contributed by atoms with Crippen LogP contribution in [0.15, 0.2) is 18.2 Å². The maximum Gasteiger partial charge on any atom is 0.164 e. The van der Waals surface area contributed by atoms with E-state index >= 15 is 0 Å². The van der Waals surface area contributed by atoms with Crippen LogP contribution < -0.4 is 0 Å². The van der Waals surface area contributed by atoms with Crippen LogP contribution in [-0.4, -0.2) is 22.5 Å². The minimum atomic E-state index is -3.33. The summed E-state index contributed by atoms with van der Waals surface area (Å²) in [6.45, 7) is 1.54. The number of sulfone groups is 1. The molecule has 1 N–H and O–H groups in total. The van der Waals surface area contributed by atoms with Gasteiger partial charge in [-0.2, -0.15) is 0 Å². The molecule has 1 aromatic rings. The van der Waals surface area contributed by atoms with Gasteiger partial charge in [-0.15, -0.1) is 0 Å². The molecule has 2 unspecified atom stereocenters. The summed E-state index contributed by atoms with van der Waals surface area (Å²) in [5.74, 6) is -0.0249. The Bertz CT molecular complexity index is 504. The second-order valence-corrected chi connectivity index (χ2v) is 8.86. The van der Waals surface area contributed by atoms with Gasteiger partial charge in [0, 0.05) is 21.4 Å². The van der Waals surface area contributed by atoms with Crippen LogP contribution in [0.2, 0.25) is 10.0 Å². The summed E-state index contributed by atoms with van der Waals surface area (Å²) in [5, 5.41) is 10.7. The van der Waals surface area contributed by atoms with Crippen molar-refractivity contribution in [1.29, 1.82) is 0 Å². The van der Waals surface area contributed by atoms with Crippen LogP contribution in [0.5, 0.6) is 0 Å². The third-order valence-corrected chi connectivity index (χ3v) is 7.59.